The number of nitrogens with zero attached hydrogens (tertiary/aromatic N) is 2. The molecule has 7 nitrogen and oxygen atoms in total. The van der Waals surface area contributed by atoms with Gasteiger partial charge in [-0.25, -0.2) is 4.98 Å². The fourth-order valence-corrected chi connectivity index (χ4v) is 3.58. The number of carbonyl (C=O) groups excluding carboxylic acids is 1. The van der Waals surface area contributed by atoms with Gasteiger partial charge in [-0.2, -0.15) is 0 Å². The number of carbonyl (C=O) groups is 1. The largest absolute Gasteiger partial charge is 0.480 e. The van der Waals surface area contributed by atoms with E-state index >= 15 is 0 Å². The molecule has 2 saturated heterocycles. The van der Waals surface area contributed by atoms with Crippen LogP contribution in [0.1, 0.15) is 36.5 Å². The minimum Gasteiger partial charge on any atom is -0.480 e. The van der Waals surface area contributed by atoms with Gasteiger partial charge in [0.15, 0.2) is 0 Å². The predicted molar refractivity (Wildman–Crippen MR) is 85.9 cm³/mol. The summed E-state index contributed by atoms with van der Waals surface area (Å²) in [5.41, 5.74) is -1.18. The van der Waals surface area contributed by atoms with Crippen LogP contribution in [0.5, 0.6) is 5.88 Å². The molecule has 1 amide bonds. The van der Waals surface area contributed by atoms with E-state index in [4.69, 9.17) is 9.47 Å². The Morgan fingerprint density at radius 3 is 2.79 bits per heavy atom. The number of likely N-dealkylation sites (tertiary alicyclic amines) is 1. The van der Waals surface area contributed by atoms with Crippen LogP contribution in [0.3, 0.4) is 0 Å². The van der Waals surface area contributed by atoms with Crippen molar-refractivity contribution in [3.8, 4) is 5.88 Å². The highest BCUT2D eigenvalue weighted by molar-refractivity contribution is 5.96. The van der Waals surface area contributed by atoms with Crippen molar-refractivity contribution in [3.05, 3.63) is 23.9 Å². The maximum absolute atomic E-state index is 12.7. The zero-order valence-electron chi connectivity index (χ0n) is 14.1. The van der Waals surface area contributed by atoms with Crippen LogP contribution in [-0.4, -0.2) is 70.1 Å². The number of aromatic nitrogens is 1. The van der Waals surface area contributed by atoms with E-state index in [1.54, 1.807) is 30.2 Å². The normalized spacial score (nSPS) is 29.5. The summed E-state index contributed by atoms with van der Waals surface area (Å²) in [6.07, 6.45) is 2.35. The molecule has 132 valence electrons. The molecular formula is C17H24N2O5. The third-order valence-electron chi connectivity index (χ3n) is 5.10. The fourth-order valence-electron chi connectivity index (χ4n) is 3.58. The van der Waals surface area contributed by atoms with Crippen LogP contribution >= 0.6 is 0 Å². The van der Waals surface area contributed by atoms with Gasteiger partial charge in [0, 0.05) is 25.7 Å². The highest BCUT2D eigenvalue weighted by atomic mass is 16.5. The summed E-state index contributed by atoms with van der Waals surface area (Å²) in [5.74, 6) is 0.208. The standard InChI is InChI=1S/C17H24N2O5/c1-16(22)11-17(24-10-13(16)20)5-8-19(9-6-17)15(21)12-4-3-7-18-14(12)23-2/h3-4,7,13,20,22H,5-6,8-11H2,1-2H3/t13-,16-/m0/s1. The summed E-state index contributed by atoms with van der Waals surface area (Å²) in [4.78, 5) is 18.5. The molecule has 0 aliphatic carbocycles. The van der Waals surface area contributed by atoms with Gasteiger partial charge >= 0.3 is 0 Å². The molecule has 0 aromatic carbocycles. The Morgan fingerprint density at radius 1 is 1.46 bits per heavy atom. The van der Waals surface area contributed by atoms with Crippen molar-refractivity contribution in [1.29, 1.82) is 0 Å². The monoisotopic (exact) mass is 336 g/mol. The van der Waals surface area contributed by atoms with Gasteiger partial charge in [-0.3, -0.25) is 4.79 Å². The summed E-state index contributed by atoms with van der Waals surface area (Å²) in [7, 11) is 1.49. The average molecular weight is 336 g/mol. The lowest BCUT2D eigenvalue weighted by Gasteiger charge is -2.49. The van der Waals surface area contributed by atoms with Crippen molar-refractivity contribution in [2.75, 3.05) is 26.8 Å². The van der Waals surface area contributed by atoms with Crippen LogP contribution < -0.4 is 4.74 Å². The van der Waals surface area contributed by atoms with Crippen molar-refractivity contribution in [2.45, 2.75) is 43.5 Å². The van der Waals surface area contributed by atoms with E-state index in [0.29, 0.717) is 43.8 Å². The van der Waals surface area contributed by atoms with Crippen molar-refractivity contribution >= 4 is 5.91 Å². The van der Waals surface area contributed by atoms with E-state index in [0.717, 1.165) is 0 Å². The van der Waals surface area contributed by atoms with Crippen LogP contribution in [0.15, 0.2) is 18.3 Å². The third-order valence-corrected chi connectivity index (χ3v) is 5.10. The zero-order chi connectivity index (χ0) is 17.4. The number of hydrogen-bond donors (Lipinski definition) is 2. The molecule has 1 aromatic rings. The van der Waals surface area contributed by atoms with Crippen molar-refractivity contribution < 1.29 is 24.5 Å². The minimum absolute atomic E-state index is 0.114. The molecule has 3 rings (SSSR count). The van der Waals surface area contributed by atoms with Crippen LogP contribution in [0.4, 0.5) is 0 Å². The second-order valence-corrected chi connectivity index (χ2v) is 6.90. The Labute approximate surface area is 141 Å². The zero-order valence-corrected chi connectivity index (χ0v) is 14.1. The molecule has 0 bridgehead atoms. The molecule has 2 fully saturated rings. The second-order valence-electron chi connectivity index (χ2n) is 6.90. The lowest BCUT2D eigenvalue weighted by atomic mass is 9.76. The quantitative estimate of drug-likeness (QED) is 0.822. The molecule has 24 heavy (non-hydrogen) atoms. The highest BCUT2D eigenvalue weighted by Gasteiger charge is 2.49. The first-order chi connectivity index (χ1) is 11.4. The van der Waals surface area contributed by atoms with Gasteiger partial charge in [0.1, 0.15) is 11.7 Å². The number of aliphatic hydroxyl groups is 2. The number of piperidine rings is 1. The van der Waals surface area contributed by atoms with Gasteiger partial charge in [-0.05, 0) is 31.9 Å². The van der Waals surface area contributed by atoms with Crippen LogP contribution in [-0.2, 0) is 4.74 Å². The first-order valence-corrected chi connectivity index (χ1v) is 8.20. The van der Waals surface area contributed by atoms with E-state index < -0.39 is 17.3 Å². The Morgan fingerprint density at radius 2 is 2.17 bits per heavy atom. The minimum atomic E-state index is -1.16. The average Bonchev–Trinajstić information content (AvgIpc) is 2.58. The van der Waals surface area contributed by atoms with Gasteiger partial charge in [0.05, 0.1) is 24.9 Å². The molecular weight excluding hydrogens is 312 g/mol. The SMILES string of the molecule is COc1ncccc1C(=O)N1CCC2(CC1)C[C@](C)(O)[C@@H](O)CO2. The number of aliphatic hydroxyl groups excluding tert-OH is 1. The molecule has 7 heteroatoms. The fraction of sp³-hybridized carbons (Fsp3) is 0.647. The van der Waals surface area contributed by atoms with E-state index in [9.17, 15) is 15.0 Å². The highest BCUT2D eigenvalue weighted by Crippen LogP contribution is 2.39. The van der Waals surface area contributed by atoms with E-state index in [1.165, 1.54) is 7.11 Å². The van der Waals surface area contributed by atoms with Crippen molar-refractivity contribution in [1.82, 2.24) is 9.88 Å². The maximum Gasteiger partial charge on any atom is 0.259 e. The number of hydrogen-bond acceptors (Lipinski definition) is 6. The number of methoxy groups -OCH3 is 1. The summed E-state index contributed by atoms with van der Waals surface area (Å²) in [6, 6.07) is 3.42. The predicted octanol–water partition coefficient (Wildman–Crippen LogP) is 0.597. The molecule has 2 atom stereocenters. The molecule has 2 aliphatic rings. The Kier molecular flexibility index (Phi) is 4.50. The Hall–Kier alpha value is -1.70. The Balaban J connectivity index is 1.68. The topological polar surface area (TPSA) is 92.1 Å². The van der Waals surface area contributed by atoms with Gasteiger partial charge in [0.25, 0.3) is 5.91 Å². The molecule has 2 aliphatic heterocycles. The third kappa shape index (κ3) is 3.11. The molecule has 1 aromatic heterocycles. The lowest BCUT2D eigenvalue weighted by molar-refractivity contribution is -0.221. The molecule has 1 spiro atoms. The number of ether oxygens (including phenoxy) is 2. The van der Waals surface area contributed by atoms with Gasteiger partial charge in [-0.1, -0.05) is 0 Å². The van der Waals surface area contributed by atoms with E-state index in [1.807, 2.05) is 0 Å². The van der Waals surface area contributed by atoms with E-state index in [-0.39, 0.29) is 12.5 Å². The summed E-state index contributed by atoms with van der Waals surface area (Å²) in [5, 5.41) is 20.2. The van der Waals surface area contributed by atoms with Crippen LogP contribution in [0, 0.1) is 0 Å². The molecule has 0 unspecified atom stereocenters. The van der Waals surface area contributed by atoms with Gasteiger partial charge in [-0.15, -0.1) is 0 Å². The first kappa shape index (κ1) is 17.1. The number of rotatable bonds is 2. The summed E-state index contributed by atoms with van der Waals surface area (Å²) in [6.45, 7) is 2.82. The van der Waals surface area contributed by atoms with Crippen LogP contribution in [0.2, 0.25) is 0 Å². The van der Waals surface area contributed by atoms with Crippen molar-refractivity contribution in [2.24, 2.45) is 0 Å². The maximum atomic E-state index is 12.7. The summed E-state index contributed by atoms with van der Waals surface area (Å²) >= 11 is 0. The second kappa shape index (κ2) is 6.31. The Bertz CT molecular complexity index is 611. The smallest absolute Gasteiger partial charge is 0.259 e. The lowest BCUT2D eigenvalue weighted by Crippen LogP contribution is -2.59. The summed E-state index contributed by atoms with van der Waals surface area (Å²) < 4.78 is 11.0. The van der Waals surface area contributed by atoms with Gasteiger partial charge < -0.3 is 24.6 Å². The van der Waals surface area contributed by atoms with E-state index in [2.05, 4.69) is 4.98 Å². The molecule has 2 N–H and O–H groups in total. The van der Waals surface area contributed by atoms with Crippen LogP contribution in [0.25, 0.3) is 0 Å². The molecule has 3 heterocycles. The number of pyridine rings is 1. The van der Waals surface area contributed by atoms with Gasteiger partial charge in [0.2, 0.25) is 5.88 Å². The number of amides is 1. The van der Waals surface area contributed by atoms with Crippen molar-refractivity contribution in [3.63, 3.8) is 0 Å². The molecule has 0 saturated carbocycles. The first-order valence-electron chi connectivity index (χ1n) is 8.20. The molecule has 0 radical (unpaired) electrons.